The molecular formula is C14H18N2O. The fourth-order valence-corrected chi connectivity index (χ4v) is 1.39. The third kappa shape index (κ3) is 4.69. The van der Waals surface area contributed by atoms with Crippen molar-refractivity contribution in [2.24, 2.45) is 5.41 Å². The summed E-state index contributed by atoms with van der Waals surface area (Å²) in [6.45, 7) is 6.30. The van der Waals surface area contributed by atoms with E-state index >= 15 is 0 Å². The number of anilines is 1. The van der Waals surface area contributed by atoms with Crippen LogP contribution in [-0.4, -0.2) is 5.91 Å². The molecule has 17 heavy (non-hydrogen) atoms. The van der Waals surface area contributed by atoms with Crippen LogP contribution in [0.2, 0.25) is 0 Å². The van der Waals surface area contributed by atoms with Crippen molar-refractivity contribution in [2.45, 2.75) is 33.6 Å². The second-order valence-corrected chi connectivity index (χ2v) is 5.27. The zero-order valence-electron chi connectivity index (χ0n) is 10.6. The molecule has 3 heteroatoms. The number of rotatable bonds is 3. The second kappa shape index (κ2) is 5.49. The summed E-state index contributed by atoms with van der Waals surface area (Å²) in [5, 5.41) is 11.7. The molecule has 1 aromatic carbocycles. The molecule has 0 bridgehead atoms. The van der Waals surface area contributed by atoms with Crippen molar-refractivity contribution in [3.05, 3.63) is 29.8 Å². The Hall–Kier alpha value is -1.82. The van der Waals surface area contributed by atoms with Gasteiger partial charge in [0.1, 0.15) is 6.07 Å². The minimum absolute atomic E-state index is 0.0392. The summed E-state index contributed by atoms with van der Waals surface area (Å²) >= 11 is 0. The Balaban J connectivity index is 2.60. The largest absolute Gasteiger partial charge is 0.325 e. The van der Waals surface area contributed by atoms with Gasteiger partial charge in [0.25, 0.3) is 0 Å². The van der Waals surface area contributed by atoms with Crippen LogP contribution in [0, 0.1) is 16.7 Å². The highest BCUT2D eigenvalue weighted by Crippen LogP contribution is 2.21. The molecule has 0 spiro atoms. The first-order valence-corrected chi connectivity index (χ1v) is 5.71. The number of para-hydroxylation sites is 1. The highest BCUT2D eigenvalue weighted by atomic mass is 16.1. The van der Waals surface area contributed by atoms with Crippen molar-refractivity contribution in [3.63, 3.8) is 0 Å². The summed E-state index contributed by atoms with van der Waals surface area (Å²) in [4.78, 5) is 11.7. The van der Waals surface area contributed by atoms with Gasteiger partial charge in [-0.1, -0.05) is 32.9 Å². The summed E-state index contributed by atoms with van der Waals surface area (Å²) in [6.07, 6.45) is 1.30. The molecule has 1 N–H and O–H groups in total. The molecule has 1 amide bonds. The summed E-state index contributed by atoms with van der Waals surface area (Å²) in [5.41, 5.74) is 1.23. The van der Waals surface area contributed by atoms with Gasteiger partial charge in [-0.3, -0.25) is 4.79 Å². The molecule has 3 nitrogen and oxygen atoms in total. The summed E-state index contributed by atoms with van der Waals surface area (Å²) in [7, 11) is 0. The van der Waals surface area contributed by atoms with Crippen LogP contribution in [0.5, 0.6) is 0 Å². The van der Waals surface area contributed by atoms with Crippen LogP contribution in [0.3, 0.4) is 0 Å². The van der Waals surface area contributed by atoms with Crippen LogP contribution < -0.4 is 5.32 Å². The van der Waals surface area contributed by atoms with Crippen molar-refractivity contribution in [1.29, 1.82) is 5.26 Å². The molecule has 0 radical (unpaired) electrons. The Morgan fingerprint density at radius 2 is 2.00 bits per heavy atom. The predicted molar refractivity (Wildman–Crippen MR) is 68.5 cm³/mol. The smallest absolute Gasteiger partial charge is 0.224 e. The Kier molecular flexibility index (Phi) is 4.28. The van der Waals surface area contributed by atoms with Crippen LogP contribution in [0.15, 0.2) is 24.3 Å². The third-order valence-electron chi connectivity index (χ3n) is 2.42. The molecule has 0 fully saturated rings. The Morgan fingerprint density at radius 1 is 1.35 bits per heavy atom. The number of carbonyl (C=O) groups excluding carboxylic acids is 1. The first-order chi connectivity index (χ1) is 7.92. The van der Waals surface area contributed by atoms with Crippen LogP contribution in [0.1, 0.15) is 39.2 Å². The molecule has 0 aliphatic rings. The molecule has 0 aliphatic carbocycles. The molecular weight excluding hydrogens is 212 g/mol. The van der Waals surface area contributed by atoms with Crippen molar-refractivity contribution in [2.75, 3.05) is 5.32 Å². The number of nitrogens with one attached hydrogen (secondary N) is 1. The zero-order chi connectivity index (χ0) is 12.9. The van der Waals surface area contributed by atoms with Crippen LogP contribution in [0.25, 0.3) is 0 Å². The number of nitriles is 1. The van der Waals surface area contributed by atoms with Gasteiger partial charge in [0, 0.05) is 6.42 Å². The Labute approximate surface area is 102 Å². The molecule has 0 heterocycles. The van der Waals surface area contributed by atoms with Crippen LogP contribution in [0.4, 0.5) is 5.69 Å². The maximum absolute atomic E-state index is 11.7. The van der Waals surface area contributed by atoms with E-state index in [4.69, 9.17) is 5.26 Å². The number of benzene rings is 1. The standard InChI is InChI=1S/C14H18N2O/c1-14(2,3)9-8-13(17)16-12-7-5-4-6-11(12)10-15/h4-7H,8-9H2,1-3H3,(H,16,17). The summed E-state index contributed by atoms with van der Waals surface area (Å²) in [6, 6.07) is 9.08. The lowest BCUT2D eigenvalue weighted by molar-refractivity contribution is -0.116. The fraction of sp³-hybridized carbons (Fsp3) is 0.429. The van der Waals surface area contributed by atoms with Gasteiger partial charge in [-0.15, -0.1) is 0 Å². The highest BCUT2D eigenvalue weighted by Gasteiger charge is 2.13. The van der Waals surface area contributed by atoms with E-state index in [0.717, 1.165) is 6.42 Å². The van der Waals surface area contributed by atoms with Crippen molar-refractivity contribution < 1.29 is 4.79 Å². The molecule has 0 aromatic heterocycles. The van der Waals surface area contributed by atoms with E-state index in [9.17, 15) is 4.79 Å². The van der Waals surface area contributed by atoms with Gasteiger partial charge >= 0.3 is 0 Å². The van der Waals surface area contributed by atoms with Crippen molar-refractivity contribution in [1.82, 2.24) is 0 Å². The van der Waals surface area contributed by atoms with E-state index in [1.165, 1.54) is 0 Å². The monoisotopic (exact) mass is 230 g/mol. The van der Waals surface area contributed by atoms with Gasteiger partial charge in [-0.05, 0) is 24.0 Å². The van der Waals surface area contributed by atoms with Crippen molar-refractivity contribution >= 4 is 11.6 Å². The Morgan fingerprint density at radius 3 is 2.59 bits per heavy atom. The predicted octanol–water partition coefficient (Wildman–Crippen LogP) is 3.32. The number of hydrogen-bond acceptors (Lipinski definition) is 2. The molecule has 0 unspecified atom stereocenters. The van der Waals surface area contributed by atoms with Crippen LogP contribution in [-0.2, 0) is 4.79 Å². The minimum Gasteiger partial charge on any atom is -0.325 e. The Bertz CT molecular complexity index is 438. The average Bonchev–Trinajstić information content (AvgIpc) is 2.26. The van der Waals surface area contributed by atoms with Gasteiger partial charge in [-0.25, -0.2) is 0 Å². The van der Waals surface area contributed by atoms with E-state index in [1.54, 1.807) is 24.3 Å². The van der Waals surface area contributed by atoms with Crippen LogP contribution >= 0.6 is 0 Å². The molecule has 1 aromatic rings. The fourth-order valence-electron chi connectivity index (χ4n) is 1.39. The lowest BCUT2D eigenvalue weighted by Crippen LogP contribution is -2.16. The van der Waals surface area contributed by atoms with Gasteiger partial charge in [0.2, 0.25) is 5.91 Å². The van der Waals surface area contributed by atoms with Gasteiger partial charge in [0.15, 0.2) is 0 Å². The lowest BCUT2D eigenvalue weighted by atomic mass is 9.90. The highest BCUT2D eigenvalue weighted by molar-refractivity contribution is 5.92. The number of nitrogens with zero attached hydrogens (tertiary/aromatic N) is 1. The first-order valence-electron chi connectivity index (χ1n) is 5.71. The zero-order valence-corrected chi connectivity index (χ0v) is 10.6. The normalized spacial score (nSPS) is 10.7. The first kappa shape index (κ1) is 13.2. The lowest BCUT2D eigenvalue weighted by Gasteiger charge is -2.17. The summed E-state index contributed by atoms with van der Waals surface area (Å²) in [5.74, 6) is -0.0392. The molecule has 0 saturated carbocycles. The third-order valence-corrected chi connectivity index (χ3v) is 2.42. The topological polar surface area (TPSA) is 52.9 Å². The molecule has 1 rings (SSSR count). The summed E-state index contributed by atoms with van der Waals surface area (Å²) < 4.78 is 0. The number of hydrogen-bond donors (Lipinski definition) is 1. The maximum atomic E-state index is 11.7. The molecule has 90 valence electrons. The maximum Gasteiger partial charge on any atom is 0.224 e. The average molecular weight is 230 g/mol. The quantitative estimate of drug-likeness (QED) is 0.866. The van der Waals surface area contributed by atoms with E-state index in [0.29, 0.717) is 17.7 Å². The van der Waals surface area contributed by atoms with E-state index in [1.807, 2.05) is 0 Å². The van der Waals surface area contributed by atoms with Gasteiger partial charge in [-0.2, -0.15) is 5.26 Å². The molecule has 0 saturated heterocycles. The van der Waals surface area contributed by atoms with Crippen molar-refractivity contribution in [3.8, 4) is 6.07 Å². The number of carbonyl (C=O) groups is 1. The second-order valence-electron chi connectivity index (χ2n) is 5.27. The van der Waals surface area contributed by atoms with Gasteiger partial charge in [0.05, 0.1) is 11.3 Å². The van der Waals surface area contributed by atoms with Gasteiger partial charge < -0.3 is 5.32 Å². The molecule has 0 aliphatic heterocycles. The minimum atomic E-state index is -0.0392. The van der Waals surface area contributed by atoms with E-state index < -0.39 is 0 Å². The number of amides is 1. The molecule has 0 atom stereocenters. The van der Waals surface area contributed by atoms with E-state index in [-0.39, 0.29) is 11.3 Å². The SMILES string of the molecule is CC(C)(C)CCC(=O)Nc1ccccc1C#N. The van der Waals surface area contributed by atoms with E-state index in [2.05, 4.69) is 32.2 Å².